The van der Waals surface area contributed by atoms with Crippen molar-refractivity contribution in [3.63, 3.8) is 0 Å². The van der Waals surface area contributed by atoms with Gasteiger partial charge in [-0.15, -0.1) is 0 Å². The molecule has 0 aromatic carbocycles. The summed E-state index contributed by atoms with van der Waals surface area (Å²) in [5.41, 5.74) is 0. The van der Waals surface area contributed by atoms with Gasteiger partial charge in [-0.25, -0.2) is 0 Å². The molecule has 6 heteroatoms. The van der Waals surface area contributed by atoms with E-state index in [-0.39, 0.29) is 5.97 Å². The van der Waals surface area contributed by atoms with Crippen LogP contribution in [0.25, 0.3) is 0 Å². The van der Waals surface area contributed by atoms with Crippen LogP contribution in [0.3, 0.4) is 0 Å². The average molecular weight is 614 g/mol. The molecule has 0 bridgehead atoms. The number of carbonyl (C=O) groups excluding carboxylic acids is 1. The zero-order chi connectivity index (χ0) is 19.1. The Labute approximate surface area is 188 Å². The molecule has 2 nitrogen and oxygen atoms in total. The smallest absolute Gasteiger partial charge is 0.305 e. The summed E-state index contributed by atoms with van der Waals surface area (Å²) in [4.78, 5) is 12.8. The zero-order valence-electron chi connectivity index (χ0n) is 15.6. The Morgan fingerprint density at radius 2 is 1.20 bits per heavy atom. The van der Waals surface area contributed by atoms with Crippen molar-refractivity contribution in [2.24, 2.45) is 0 Å². The molecule has 0 aliphatic heterocycles. The molecule has 0 heterocycles. The van der Waals surface area contributed by atoms with Crippen LogP contribution in [0.4, 0.5) is 0 Å². The highest BCUT2D eigenvalue weighted by Crippen LogP contribution is 2.33. The predicted octanol–water partition coefficient (Wildman–Crippen LogP) is 7.91. The monoisotopic (exact) mass is 610 g/mol. The fourth-order valence-electron chi connectivity index (χ4n) is 2.72. The van der Waals surface area contributed by atoms with E-state index in [1.165, 1.54) is 58.5 Å². The Kier molecular flexibility index (Phi) is 18.5. The Balaban J connectivity index is 3.82. The van der Waals surface area contributed by atoms with Gasteiger partial charge in [-0.1, -0.05) is 122 Å². The van der Waals surface area contributed by atoms with Crippen LogP contribution >= 0.6 is 63.7 Å². The minimum absolute atomic E-state index is 0.0981. The molecule has 0 aliphatic rings. The quantitative estimate of drug-likeness (QED) is 0.100. The van der Waals surface area contributed by atoms with E-state index in [0.717, 1.165) is 19.3 Å². The van der Waals surface area contributed by atoms with Crippen LogP contribution in [0.2, 0.25) is 0 Å². The highest BCUT2D eigenvalue weighted by Gasteiger charge is 2.28. The molecule has 150 valence electrons. The van der Waals surface area contributed by atoms with Crippen molar-refractivity contribution >= 4 is 69.7 Å². The van der Waals surface area contributed by atoms with Gasteiger partial charge in [0.05, 0.1) is 7.11 Å². The third-order valence-corrected chi connectivity index (χ3v) is 11.0. The first kappa shape index (κ1) is 26.4. The van der Waals surface area contributed by atoms with Crippen molar-refractivity contribution in [3.8, 4) is 0 Å². The normalized spacial score (nSPS) is 16.2. The fraction of sp³-hybridized carbons (Fsp3) is 0.947. The molecule has 0 aliphatic carbocycles. The zero-order valence-corrected chi connectivity index (χ0v) is 22.0. The van der Waals surface area contributed by atoms with Gasteiger partial charge < -0.3 is 4.74 Å². The summed E-state index contributed by atoms with van der Waals surface area (Å²) in [6.07, 6.45) is 13.9. The standard InChI is InChI=1S/C19H34Br4O2/c1-3-4-5-6-9-12-15(20)18(22)19(23)16(21)13-10-7-8-11-14-17(24)25-2/h15-16,18-19H,3-14H2,1-2H3. The van der Waals surface area contributed by atoms with Crippen molar-refractivity contribution in [2.45, 2.75) is 103 Å². The molecule has 0 aromatic rings. The second-order valence-corrected chi connectivity index (χ2v) is 11.1. The highest BCUT2D eigenvalue weighted by molar-refractivity contribution is 9.14. The Hall–Kier alpha value is 1.39. The minimum atomic E-state index is -0.0981. The number of esters is 1. The van der Waals surface area contributed by atoms with Gasteiger partial charge in [-0.05, 0) is 19.3 Å². The second-order valence-electron chi connectivity index (χ2n) is 6.65. The maximum absolute atomic E-state index is 11.1. The number of ether oxygens (including phenoxy) is 1. The van der Waals surface area contributed by atoms with E-state index in [0.29, 0.717) is 25.7 Å². The number of hydrogen-bond donors (Lipinski definition) is 0. The van der Waals surface area contributed by atoms with Crippen LogP contribution in [0.15, 0.2) is 0 Å². The number of halogens is 4. The number of rotatable bonds is 16. The van der Waals surface area contributed by atoms with Crippen molar-refractivity contribution in [2.75, 3.05) is 7.11 Å². The van der Waals surface area contributed by atoms with Crippen LogP contribution in [-0.2, 0) is 9.53 Å². The fourth-order valence-corrected chi connectivity index (χ4v) is 6.11. The lowest BCUT2D eigenvalue weighted by molar-refractivity contribution is -0.140. The SMILES string of the molecule is CCCCCCCC(Br)C(Br)C(Br)C(Br)CCCCCCC(=O)OC. The van der Waals surface area contributed by atoms with E-state index in [1.807, 2.05) is 0 Å². The summed E-state index contributed by atoms with van der Waals surface area (Å²) >= 11 is 15.5. The summed E-state index contributed by atoms with van der Waals surface area (Å²) in [6, 6.07) is 0. The molecule has 0 fully saturated rings. The third kappa shape index (κ3) is 14.1. The van der Waals surface area contributed by atoms with E-state index in [4.69, 9.17) is 0 Å². The van der Waals surface area contributed by atoms with Crippen molar-refractivity contribution in [1.82, 2.24) is 0 Å². The van der Waals surface area contributed by atoms with Crippen LogP contribution in [0.5, 0.6) is 0 Å². The lowest BCUT2D eigenvalue weighted by Crippen LogP contribution is -2.31. The van der Waals surface area contributed by atoms with Gasteiger partial charge in [0.2, 0.25) is 0 Å². The summed E-state index contributed by atoms with van der Waals surface area (Å²) in [5.74, 6) is -0.0981. The number of hydrogen-bond acceptors (Lipinski definition) is 2. The summed E-state index contributed by atoms with van der Waals surface area (Å²) in [6.45, 7) is 2.26. The maximum atomic E-state index is 11.1. The lowest BCUT2D eigenvalue weighted by atomic mass is 10.0. The van der Waals surface area contributed by atoms with Crippen LogP contribution in [0.1, 0.15) is 84.0 Å². The molecule has 0 amide bonds. The number of methoxy groups -OCH3 is 1. The topological polar surface area (TPSA) is 26.3 Å². The minimum Gasteiger partial charge on any atom is -0.469 e. The van der Waals surface area contributed by atoms with Crippen LogP contribution in [0, 0.1) is 0 Å². The van der Waals surface area contributed by atoms with Crippen molar-refractivity contribution < 1.29 is 9.53 Å². The molecule has 0 N–H and O–H groups in total. The molecule has 0 aromatic heterocycles. The molecule has 4 unspecified atom stereocenters. The van der Waals surface area contributed by atoms with Crippen molar-refractivity contribution in [1.29, 1.82) is 0 Å². The van der Waals surface area contributed by atoms with Crippen LogP contribution in [-0.4, -0.2) is 32.4 Å². The Bertz CT molecular complexity index is 329. The number of carbonyl (C=O) groups is 1. The first-order valence-electron chi connectivity index (χ1n) is 9.57. The highest BCUT2D eigenvalue weighted by atomic mass is 79.9. The molecule has 0 rings (SSSR count). The van der Waals surface area contributed by atoms with Gasteiger partial charge >= 0.3 is 5.97 Å². The van der Waals surface area contributed by atoms with Crippen molar-refractivity contribution in [3.05, 3.63) is 0 Å². The van der Waals surface area contributed by atoms with Gasteiger partial charge in [0.1, 0.15) is 0 Å². The molecule has 0 spiro atoms. The van der Waals surface area contributed by atoms with E-state index in [2.05, 4.69) is 75.4 Å². The predicted molar refractivity (Wildman–Crippen MR) is 124 cm³/mol. The van der Waals surface area contributed by atoms with E-state index in [1.54, 1.807) is 0 Å². The van der Waals surface area contributed by atoms with E-state index in [9.17, 15) is 4.79 Å². The molecule has 0 saturated carbocycles. The molecule has 0 radical (unpaired) electrons. The molecule has 25 heavy (non-hydrogen) atoms. The first-order chi connectivity index (χ1) is 11.9. The summed E-state index contributed by atoms with van der Waals surface area (Å²) in [7, 11) is 1.45. The maximum Gasteiger partial charge on any atom is 0.305 e. The van der Waals surface area contributed by atoms with E-state index >= 15 is 0 Å². The van der Waals surface area contributed by atoms with Gasteiger partial charge in [0.15, 0.2) is 0 Å². The summed E-state index contributed by atoms with van der Waals surface area (Å²) < 4.78 is 4.66. The van der Waals surface area contributed by atoms with Crippen LogP contribution < -0.4 is 0 Å². The van der Waals surface area contributed by atoms with Gasteiger partial charge in [0, 0.05) is 25.7 Å². The largest absolute Gasteiger partial charge is 0.469 e. The number of unbranched alkanes of at least 4 members (excludes halogenated alkanes) is 7. The Morgan fingerprint density at radius 1 is 0.760 bits per heavy atom. The van der Waals surface area contributed by atoms with Gasteiger partial charge in [-0.2, -0.15) is 0 Å². The van der Waals surface area contributed by atoms with Gasteiger partial charge in [0.25, 0.3) is 0 Å². The second kappa shape index (κ2) is 17.5. The summed E-state index contributed by atoms with van der Waals surface area (Å²) in [5, 5.41) is 0. The molecular weight excluding hydrogens is 580 g/mol. The molecular formula is C19H34Br4O2. The Morgan fingerprint density at radius 3 is 1.64 bits per heavy atom. The average Bonchev–Trinajstić information content (AvgIpc) is 2.62. The van der Waals surface area contributed by atoms with E-state index < -0.39 is 0 Å². The van der Waals surface area contributed by atoms with Gasteiger partial charge in [-0.3, -0.25) is 4.79 Å². The molecule has 4 atom stereocenters. The first-order valence-corrected chi connectivity index (χ1v) is 13.2. The molecule has 0 saturated heterocycles. The lowest BCUT2D eigenvalue weighted by Gasteiger charge is -2.26. The number of alkyl halides is 4. The third-order valence-electron chi connectivity index (χ3n) is 4.42.